The Labute approximate surface area is 290 Å². The van der Waals surface area contributed by atoms with E-state index in [-0.39, 0.29) is 0 Å². The van der Waals surface area contributed by atoms with Crippen LogP contribution in [-0.4, -0.2) is 4.57 Å². The number of para-hydroxylation sites is 3. The van der Waals surface area contributed by atoms with Gasteiger partial charge in [-0.1, -0.05) is 152 Å². The fraction of sp³-hybridized carbons (Fsp3) is 0. The van der Waals surface area contributed by atoms with Gasteiger partial charge < -0.3 is 9.47 Å². The molecule has 0 unspecified atom stereocenters. The second kappa shape index (κ2) is 11.5. The van der Waals surface area contributed by atoms with Gasteiger partial charge in [-0.25, -0.2) is 0 Å². The van der Waals surface area contributed by atoms with Crippen molar-refractivity contribution in [3.63, 3.8) is 0 Å². The molecule has 0 aliphatic carbocycles. The molecule has 0 amide bonds. The van der Waals surface area contributed by atoms with Crippen molar-refractivity contribution < 1.29 is 0 Å². The Kier molecular flexibility index (Phi) is 6.53. The maximum atomic E-state index is 2.45. The summed E-state index contributed by atoms with van der Waals surface area (Å²) in [5.41, 5.74) is 9.30. The minimum atomic E-state index is 1.11. The predicted octanol–water partition coefficient (Wildman–Crippen LogP) is 13.4. The lowest BCUT2D eigenvalue weighted by molar-refractivity contribution is 1.18. The van der Waals surface area contributed by atoms with Crippen molar-refractivity contribution in [3.05, 3.63) is 194 Å². The first kappa shape index (κ1) is 28.4. The summed E-state index contributed by atoms with van der Waals surface area (Å²) in [6.45, 7) is 0. The Morgan fingerprint density at radius 1 is 0.340 bits per heavy atom. The second-order valence-corrected chi connectivity index (χ2v) is 12.9. The van der Waals surface area contributed by atoms with Crippen LogP contribution in [0.15, 0.2) is 194 Å². The van der Waals surface area contributed by atoms with Crippen molar-refractivity contribution in [1.29, 1.82) is 0 Å². The van der Waals surface area contributed by atoms with Crippen LogP contribution in [0.25, 0.3) is 70.9 Å². The molecule has 0 spiro atoms. The van der Waals surface area contributed by atoms with Gasteiger partial charge in [0, 0.05) is 33.1 Å². The monoisotopic (exact) mass is 636 g/mol. The zero-order valence-corrected chi connectivity index (χ0v) is 27.4. The molecule has 0 radical (unpaired) electrons. The van der Waals surface area contributed by atoms with E-state index in [1.807, 2.05) is 0 Å². The third-order valence-electron chi connectivity index (χ3n) is 10.1. The van der Waals surface area contributed by atoms with Crippen LogP contribution in [-0.2, 0) is 0 Å². The van der Waals surface area contributed by atoms with Crippen LogP contribution in [0.5, 0.6) is 0 Å². The fourth-order valence-corrected chi connectivity index (χ4v) is 8.02. The third kappa shape index (κ3) is 4.36. The highest BCUT2D eigenvalue weighted by Crippen LogP contribution is 2.46. The van der Waals surface area contributed by atoms with Gasteiger partial charge in [0.25, 0.3) is 0 Å². The van der Waals surface area contributed by atoms with Crippen molar-refractivity contribution in [2.75, 3.05) is 4.90 Å². The zero-order chi connectivity index (χ0) is 33.0. The minimum absolute atomic E-state index is 1.11. The number of aromatic nitrogens is 1. The zero-order valence-electron chi connectivity index (χ0n) is 27.4. The molecule has 2 nitrogen and oxygen atoms in total. The Morgan fingerprint density at radius 2 is 0.880 bits per heavy atom. The van der Waals surface area contributed by atoms with Crippen LogP contribution in [0.2, 0.25) is 0 Å². The topological polar surface area (TPSA) is 8.17 Å². The summed E-state index contributed by atoms with van der Waals surface area (Å²) in [5.74, 6) is 0. The number of fused-ring (bicyclic) bond motifs is 9. The van der Waals surface area contributed by atoms with E-state index in [9.17, 15) is 0 Å². The average molecular weight is 637 g/mol. The molecule has 0 saturated heterocycles. The molecule has 1 aromatic heterocycles. The second-order valence-electron chi connectivity index (χ2n) is 12.9. The molecule has 0 bridgehead atoms. The molecule has 2 heteroatoms. The molecule has 10 rings (SSSR count). The summed E-state index contributed by atoms with van der Waals surface area (Å²) in [6.07, 6.45) is 0. The van der Waals surface area contributed by atoms with E-state index in [2.05, 4.69) is 204 Å². The Morgan fingerprint density at radius 3 is 1.62 bits per heavy atom. The molecule has 1 heterocycles. The summed E-state index contributed by atoms with van der Waals surface area (Å²) in [7, 11) is 0. The van der Waals surface area contributed by atoms with Crippen molar-refractivity contribution in [3.8, 4) is 16.8 Å². The largest absolute Gasteiger partial charge is 0.310 e. The number of rotatable bonds is 5. The number of benzene rings is 9. The molecule has 0 N–H and O–H groups in total. The van der Waals surface area contributed by atoms with Gasteiger partial charge in [0.2, 0.25) is 0 Å². The summed E-state index contributed by atoms with van der Waals surface area (Å²) < 4.78 is 2.45. The first-order chi connectivity index (χ1) is 24.8. The van der Waals surface area contributed by atoms with Gasteiger partial charge in [0.1, 0.15) is 0 Å². The molecule has 50 heavy (non-hydrogen) atoms. The predicted molar refractivity (Wildman–Crippen MR) is 213 cm³/mol. The van der Waals surface area contributed by atoms with Crippen LogP contribution >= 0.6 is 0 Å². The number of hydrogen-bond donors (Lipinski definition) is 0. The molecule has 0 atom stereocenters. The quantitative estimate of drug-likeness (QED) is 0.171. The van der Waals surface area contributed by atoms with Crippen LogP contribution in [0.4, 0.5) is 17.1 Å². The lowest BCUT2D eigenvalue weighted by Crippen LogP contribution is -2.11. The molecular weight excluding hydrogens is 605 g/mol. The van der Waals surface area contributed by atoms with Gasteiger partial charge in [-0.3, -0.25) is 0 Å². The van der Waals surface area contributed by atoms with Gasteiger partial charge in [-0.2, -0.15) is 0 Å². The first-order valence-electron chi connectivity index (χ1n) is 17.2. The molecule has 234 valence electrons. The van der Waals surface area contributed by atoms with E-state index in [0.29, 0.717) is 0 Å². The van der Waals surface area contributed by atoms with Crippen LogP contribution in [0.3, 0.4) is 0 Å². The van der Waals surface area contributed by atoms with E-state index >= 15 is 0 Å². The maximum absolute atomic E-state index is 2.45. The Bertz CT molecular complexity index is 2820. The lowest BCUT2D eigenvalue weighted by atomic mass is 9.93. The fourth-order valence-electron chi connectivity index (χ4n) is 8.02. The third-order valence-corrected chi connectivity index (χ3v) is 10.1. The van der Waals surface area contributed by atoms with Gasteiger partial charge in [-0.15, -0.1) is 0 Å². The molecule has 10 aromatic rings. The summed E-state index contributed by atoms with van der Waals surface area (Å²) >= 11 is 0. The number of hydrogen-bond acceptors (Lipinski definition) is 1. The van der Waals surface area contributed by atoms with E-state index in [1.54, 1.807) is 0 Å². The lowest BCUT2D eigenvalue weighted by Gasteiger charge is -2.28. The maximum Gasteiger partial charge on any atom is 0.0562 e. The van der Waals surface area contributed by atoms with Crippen molar-refractivity contribution in [2.24, 2.45) is 0 Å². The van der Waals surface area contributed by atoms with E-state index in [1.165, 1.54) is 65.3 Å². The normalized spacial score (nSPS) is 11.6. The van der Waals surface area contributed by atoms with Crippen LogP contribution < -0.4 is 4.90 Å². The summed E-state index contributed by atoms with van der Waals surface area (Å²) in [4.78, 5) is 2.44. The summed E-state index contributed by atoms with van der Waals surface area (Å²) in [6, 6.07) is 70.4. The van der Waals surface area contributed by atoms with Gasteiger partial charge in [-0.05, 0) is 75.0 Å². The molecule has 9 aromatic carbocycles. The van der Waals surface area contributed by atoms with Gasteiger partial charge in [0.15, 0.2) is 0 Å². The first-order valence-corrected chi connectivity index (χ1v) is 17.2. The van der Waals surface area contributed by atoms with Gasteiger partial charge >= 0.3 is 0 Å². The molecule has 0 fully saturated rings. The Balaban J connectivity index is 1.30. The van der Waals surface area contributed by atoms with Crippen LogP contribution in [0, 0.1) is 0 Å². The smallest absolute Gasteiger partial charge is 0.0562 e. The highest BCUT2D eigenvalue weighted by Gasteiger charge is 2.21. The van der Waals surface area contributed by atoms with Crippen molar-refractivity contribution >= 4 is 71.2 Å². The van der Waals surface area contributed by atoms with Crippen LogP contribution in [0.1, 0.15) is 0 Å². The number of nitrogens with zero attached hydrogens (tertiary/aromatic N) is 2. The van der Waals surface area contributed by atoms with E-state index < -0.39 is 0 Å². The van der Waals surface area contributed by atoms with Gasteiger partial charge in [0.05, 0.1) is 22.4 Å². The molecule has 0 saturated carbocycles. The molecular formula is C48H32N2. The average Bonchev–Trinajstić information content (AvgIpc) is 3.52. The van der Waals surface area contributed by atoms with E-state index in [4.69, 9.17) is 0 Å². The van der Waals surface area contributed by atoms with Crippen molar-refractivity contribution in [1.82, 2.24) is 4.57 Å². The SMILES string of the molecule is c1ccc(-c2ccccc2-n2c3ccccc3c3ccc(N(c4ccccc4)c4cccc5c6ccccc6c6ccccc6c45)cc32)cc1. The van der Waals surface area contributed by atoms with E-state index in [0.717, 1.165) is 22.7 Å². The minimum Gasteiger partial charge on any atom is -0.310 e. The highest BCUT2D eigenvalue weighted by molar-refractivity contribution is 6.28. The number of anilines is 3. The highest BCUT2D eigenvalue weighted by atomic mass is 15.1. The summed E-state index contributed by atoms with van der Waals surface area (Å²) in [5, 5.41) is 10.0. The van der Waals surface area contributed by atoms with Crippen molar-refractivity contribution in [2.45, 2.75) is 0 Å². The molecule has 0 aliphatic rings. The standard InChI is InChI=1S/C48H32N2/c1-3-16-33(17-4-1)36-20-11-13-27-44(36)50-45-28-14-12-24-40(45)41-31-30-35(32-47(41)50)49(34-18-5-2-6-19-34)46-29-15-26-43-39-22-8-7-21-37(39)38-23-9-10-25-42(38)48(43)46/h1-32H. The Hall–Kier alpha value is -6.64. The molecule has 0 aliphatic heterocycles.